The highest BCUT2D eigenvalue weighted by Crippen LogP contribution is 2.46. The molecule has 0 fully saturated rings. The Morgan fingerprint density at radius 2 is 2.03 bits per heavy atom. The number of hydrogen-bond acceptors (Lipinski definition) is 5. The van der Waals surface area contributed by atoms with Gasteiger partial charge in [-0.1, -0.05) is 23.3 Å². The molecule has 0 bridgehead atoms. The third-order valence-corrected chi connectivity index (χ3v) is 5.90. The number of aliphatic hydroxyl groups is 1. The SMILES string of the molecule is COc1cc2c(c3c1C[C@@H](O)[C@](C)(CC/C=C(\C)CCC=C(C)C)O3)COC2=O. The first kappa shape index (κ1) is 21.4. The second-order valence-corrected chi connectivity index (χ2v) is 8.53. The van der Waals surface area contributed by atoms with E-state index >= 15 is 0 Å². The zero-order chi connectivity index (χ0) is 21.2. The molecule has 0 saturated heterocycles. The van der Waals surface area contributed by atoms with E-state index in [9.17, 15) is 9.90 Å². The monoisotopic (exact) mass is 400 g/mol. The van der Waals surface area contributed by atoms with Crippen molar-refractivity contribution in [2.24, 2.45) is 0 Å². The van der Waals surface area contributed by atoms with Gasteiger partial charge in [-0.2, -0.15) is 0 Å². The van der Waals surface area contributed by atoms with Crippen LogP contribution in [0, 0.1) is 0 Å². The zero-order valence-electron chi connectivity index (χ0n) is 18.1. The molecule has 0 aliphatic carbocycles. The Morgan fingerprint density at radius 3 is 2.72 bits per heavy atom. The molecule has 0 unspecified atom stereocenters. The summed E-state index contributed by atoms with van der Waals surface area (Å²) in [5.41, 5.74) is 4.02. The summed E-state index contributed by atoms with van der Waals surface area (Å²) in [6.45, 7) is 8.52. The van der Waals surface area contributed by atoms with Crippen molar-refractivity contribution in [2.45, 2.75) is 78.1 Å². The molecule has 1 aromatic rings. The van der Waals surface area contributed by atoms with Gasteiger partial charge in [0.05, 0.1) is 18.8 Å². The number of cyclic esters (lactones) is 1. The van der Waals surface area contributed by atoms with Gasteiger partial charge in [-0.25, -0.2) is 4.79 Å². The molecule has 5 heteroatoms. The van der Waals surface area contributed by atoms with Gasteiger partial charge in [-0.15, -0.1) is 0 Å². The first-order chi connectivity index (χ1) is 13.7. The van der Waals surface area contributed by atoms with Crippen LogP contribution in [0.1, 0.15) is 74.9 Å². The summed E-state index contributed by atoms with van der Waals surface area (Å²) >= 11 is 0. The average Bonchev–Trinajstić information content (AvgIpc) is 3.03. The summed E-state index contributed by atoms with van der Waals surface area (Å²) in [4.78, 5) is 12.0. The van der Waals surface area contributed by atoms with E-state index in [2.05, 4.69) is 32.9 Å². The predicted molar refractivity (Wildman–Crippen MR) is 113 cm³/mol. The molecule has 0 aromatic heterocycles. The van der Waals surface area contributed by atoms with Gasteiger partial charge >= 0.3 is 5.97 Å². The van der Waals surface area contributed by atoms with Crippen LogP contribution >= 0.6 is 0 Å². The minimum absolute atomic E-state index is 0.204. The zero-order valence-corrected chi connectivity index (χ0v) is 18.1. The molecule has 0 spiro atoms. The largest absolute Gasteiger partial charge is 0.496 e. The molecule has 2 aliphatic heterocycles. The number of esters is 1. The summed E-state index contributed by atoms with van der Waals surface area (Å²) in [6.07, 6.45) is 7.87. The van der Waals surface area contributed by atoms with Crippen molar-refractivity contribution in [3.05, 3.63) is 46.1 Å². The van der Waals surface area contributed by atoms with Crippen LogP contribution in [0.3, 0.4) is 0 Å². The van der Waals surface area contributed by atoms with Gasteiger partial charge in [0.2, 0.25) is 0 Å². The lowest BCUT2D eigenvalue weighted by atomic mass is 9.84. The molecule has 2 heterocycles. The first-order valence-corrected chi connectivity index (χ1v) is 10.3. The summed E-state index contributed by atoms with van der Waals surface area (Å²) in [5, 5.41) is 10.9. The number of rotatable bonds is 7. The molecule has 158 valence electrons. The molecule has 5 nitrogen and oxygen atoms in total. The van der Waals surface area contributed by atoms with Gasteiger partial charge in [-0.05, 0) is 59.4 Å². The number of ether oxygens (including phenoxy) is 3. The molecule has 2 atom stereocenters. The smallest absolute Gasteiger partial charge is 0.339 e. The molecule has 1 aromatic carbocycles. The van der Waals surface area contributed by atoms with Crippen molar-refractivity contribution in [1.82, 2.24) is 0 Å². The second-order valence-electron chi connectivity index (χ2n) is 8.53. The van der Waals surface area contributed by atoms with Crippen LogP contribution < -0.4 is 9.47 Å². The Morgan fingerprint density at radius 1 is 1.28 bits per heavy atom. The lowest BCUT2D eigenvalue weighted by Gasteiger charge is -2.41. The highest BCUT2D eigenvalue weighted by atomic mass is 16.5. The average molecular weight is 401 g/mol. The van der Waals surface area contributed by atoms with Crippen LogP contribution in [0.15, 0.2) is 29.4 Å². The molecule has 0 amide bonds. The molecular formula is C24H32O5. The van der Waals surface area contributed by atoms with Gasteiger partial charge in [0.25, 0.3) is 0 Å². The van der Waals surface area contributed by atoms with Crippen molar-refractivity contribution in [3.8, 4) is 11.5 Å². The van der Waals surface area contributed by atoms with E-state index < -0.39 is 11.7 Å². The second kappa shape index (κ2) is 8.62. The lowest BCUT2D eigenvalue weighted by Crippen LogP contribution is -2.49. The molecule has 29 heavy (non-hydrogen) atoms. The number of methoxy groups -OCH3 is 1. The third-order valence-electron chi connectivity index (χ3n) is 5.90. The van der Waals surface area contributed by atoms with E-state index in [1.807, 2.05) is 6.92 Å². The van der Waals surface area contributed by atoms with E-state index in [4.69, 9.17) is 14.2 Å². The maximum absolute atomic E-state index is 12.0. The number of aliphatic hydroxyl groups excluding tert-OH is 1. The van der Waals surface area contributed by atoms with E-state index in [1.165, 1.54) is 11.1 Å². The molecule has 0 radical (unpaired) electrons. The minimum atomic E-state index is -0.727. The number of carbonyl (C=O) groups excluding carboxylic acids is 1. The number of allylic oxidation sites excluding steroid dienone is 4. The Balaban J connectivity index is 1.76. The molecule has 0 saturated carbocycles. The Kier molecular flexibility index (Phi) is 6.37. The highest BCUT2D eigenvalue weighted by Gasteiger charge is 2.43. The topological polar surface area (TPSA) is 65.0 Å². The van der Waals surface area contributed by atoms with Gasteiger partial charge in [0, 0.05) is 17.5 Å². The van der Waals surface area contributed by atoms with E-state index in [-0.39, 0.29) is 12.6 Å². The van der Waals surface area contributed by atoms with E-state index in [0.29, 0.717) is 29.9 Å². The van der Waals surface area contributed by atoms with Crippen LogP contribution in [0.25, 0.3) is 0 Å². The highest BCUT2D eigenvalue weighted by molar-refractivity contribution is 5.95. The van der Waals surface area contributed by atoms with Crippen LogP contribution in [0.5, 0.6) is 11.5 Å². The van der Waals surface area contributed by atoms with Crippen LogP contribution in [0.4, 0.5) is 0 Å². The van der Waals surface area contributed by atoms with Crippen LogP contribution in [-0.4, -0.2) is 29.9 Å². The number of hydrogen-bond donors (Lipinski definition) is 1. The third kappa shape index (κ3) is 4.50. The van der Waals surface area contributed by atoms with Crippen LogP contribution in [-0.2, 0) is 17.8 Å². The minimum Gasteiger partial charge on any atom is -0.496 e. The molecule has 3 rings (SSSR count). The summed E-state index contributed by atoms with van der Waals surface area (Å²) in [7, 11) is 1.56. The summed E-state index contributed by atoms with van der Waals surface area (Å²) in [6, 6.07) is 1.70. The fourth-order valence-electron chi connectivity index (χ4n) is 3.98. The Hall–Kier alpha value is -2.27. The van der Waals surface area contributed by atoms with Gasteiger partial charge in [-0.3, -0.25) is 0 Å². The number of benzene rings is 1. The van der Waals surface area contributed by atoms with Crippen molar-refractivity contribution in [2.75, 3.05) is 7.11 Å². The van der Waals surface area contributed by atoms with Gasteiger partial charge in [0.1, 0.15) is 23.7 Å². The van der Waals surface area contributed by atoms with Gasteiger partial charge < -0.3 is 19.3 Å². The first-order valence-electron chi connectivity index (χ1n) is 10.3. The standard InChI is InChI=1S/C24H32O5/c1-15(2)8-6-9-16(3)10-7-11-24(4)21(25)13-18-20(27-5)12-17-19(22(18)29-24)14-28-23(17)26/h8,10,12,21,25H,6-7,9,11,13-14H2,1-5H3/b16-10+/t21-,24+/m1/s1. The predicted octanol–water partition coefficient (Wildman–Crippen LogP) is 4.89. The lowest BCUT2D eigenvalue weighted by molar-refractivity contribution is -0.0601. The Bertz CT molecular complexity index is 847. The van der Waals surface area contributed by atoms with Crippen molar-refractivity contribution in [3.63, 3.8) is 0 Å². The fraction of sp³-hybridized carbons (Fsp3) is 0.542. The fourth-order valence-corrected chi connectivity index (χ4v) is 3.98. The Labute approximate surface area is 173 Å². The van der Waals surface area contributed by atoms with Crippen molar-refractivity contribution in [1.29, 1.82) is 0 Å². The summed E-state index contributed by atoms with van der Waals surface area (Å²) in [5.74, 6) is 0.850. The maximum Gasteiger partial charge on any atom is 0.339 e. The maximum atomic E-state index is 12.0. The normalized spacial score (nSPS) is 23.0. The molecular weight excluding hydrogens is 368 g/mol. The van der Waals surface area contributed by atoms with E-state index in [0.717, 1.165) is 30.4 Å². The van der Waals surface area contributed by atoms with Crippen molar-refractivity contribution >= 4 is 5.97 Å². The molecule has 1 N–H and O–H groups in total. The quantitative estimate of drug-likeness (QED) is 0.521. The van der Waals surface area contributed by atoms with E-state index in [1.54, 1.807) is 13.2 Å². The van der Waals surface area contributed by atoms with Crippen LogP contribution in [0.2, 0.25) is 0 Å². The van der Waals surface area contributed by atoms with Gasteiger partial charge in [0.15, 0.2) is 0 Å². The summed E-state index contributed by atoms with van der Waals surface area (Å²) < 4.78 is 17.0. The number of carbonyl (C=O) groups is 1. The molecule has 2 aliphatic rings. The van der Waals surface area contributed by atoms with Crippen molar-refractivity contribution < 1.29 is 24.1 Å². The number of fused-ring (bicyclic) bond motifs is 3.